The number of amides is 1. The lowest BCUT2D eigenvalue weighted by Gasteiger charge is -2.13. The van der Waals surface area contributed by atoms with Crippen LogP contribution in [0.2, 0.25) is 10.0 Å². The van der Waals surface area contributed by atoms with E-state index in [1.54, 1.807) is 37.4 Å². The molecule has 0 saturated heterocycles. The Hall–Kier alpha value is -1.91. The van der Waals surface area contributed by atoms with Gasteiger partial charge < -0.3 is 16.4 Å². The maximum absolute atomic E-state index is 11.7. The van der Waals surface area contributed by atoms with Crippen molar-refractivity contribution in [3.05, 3.63) is 51.5 Å². The normalized spacial score (nSPS) is 10.3. The lowest BCUT2D eigenvalue weighted by molar-refractivity contribution is 0.0963. The highest BCUT2D eigenvalue weighted by atomic mass is 35.5. The Morgan fingerprint density at radius 2 is 1.81 bits per heavy atom. The maximum atomic E-state index is 11.7. The molecule has 2 aromatic rings. The van der Waals surface area contributed by atoms with Crippen molar-refractivity contribution in [1.82, 2.24) is 5.32 Å². The highest BCUT2D eigenvalue weighted by Crippen LogP contribution is 2.33. The Labute approximate surface area is 133 Å². The van der Waals surface area contributed by atoms with E-state index in [-0.39, 0.29) is 5.91 Å². The standard InChI is InChI=1S/C15H15Cl2N3O/c1-8-5-11(17)13(7-10(8)16)20-14-6-9(15(21)19-2)3-4-12(14)18/h3-7,20H,18H2,1-2H3,(H,19,21). The lowest BCUT2D eigenvalue weighted by Crippen LogP contribution is -2.18. The zero-order valence-corrected chi connectivity index (χ0v) is 13.1. The maximum Gasteiger partial charge on any atom is 0.251 e. The minimum atomic E-state index is -0.189. The zero-order valence-electron chi connectivity index (χ0n) is 11.6. The molecule has 4 N–H and O–H groups in total. The molecule has 0 spiro atoms. The largest absolute Gasteiger partial charge is 0.397 e. The van der Waals surface area contributed by atoms with E-state index >= 15 is 0 Å². The number of nitrogens with one attached hydrogen (secondary N) is 2. The van der Waals surface area contributed by atoms with Gasteiger partial charge in [-0.05, 0) is 42.8 Å². The van der Waals surface area contributed by atoms with Gasteiger partial charge in [0.05, 0.1) is 22.1 Å². The quantitative estimate of drug-likeness (QED) is 0.748. The van der Waals surface area contributed by atoms with Gasteiger partial charge in [0.15, 0.2) is 0 Å². The van der Waals surface area contributed by atoms with Crippen LogP contribution in [0.3, 0.4) is 0 Å². The van der Waals surface area contributed by atoms with Crippen LogP contribution in [0.5, 0.6) is 0 Å². The average molecular weight is 324 g/mol. The molecular weight excluding hydrogens is 309 g/mol. The van der Waals surface area contributed by atoms with E-state index < -0.39 is 0 Å². The van der Waals surface area contributed by atoms with Crippen molar-refractivity contribution >= 4 is 46.2 Å². The number of aryl methyl sites for hydroxylation is 1. The van der Waals surface area contributed by atoms with Gasteiger partial charge in [0.2, 0.25) is 0 Å². The van der Waals surface area contributed by atoms with E-state index in [9.17, 15) is 4.79 Å². The van der Waals surface area contributed by atoms with Crippen LogP contribution in [0.4, 0.5) is 17.1 Å². The van der Waals surface area contributed by atoms with Gasteiger partial charge in [-0.25, -0.2) is 0 Å². The van der Waals surface area contributed by atoms with E-state index in [2.05, 4.69) is 10.6 Å². The molecule has 0 saturated carbocycles. The molecule has 0 aliphatic carbocycles. The summed E-state index contributed by atoms with van der Waals surface area (Å²) in [6.45, 7) is 1.87. The topological polar surface area (TPSA) is 67.2 Å². The van der Waals surface area contributed by atoms with Crippen LogP contribution < -0.4 is 16.4 Å². The molecule has 1 amide bonds. The van der Waals surface area contributed by atoms with Crippen LogP contribution in [-0.2, 0) is 0 Å². The summed E-state index contributed by atoms with van der Waals surface area (Å²) in [6.07, 6.45) is 0. The van der Waals surface area contributed by atoms with Gasteiger partial charge in [-0.1, -0.05) is 23.2 Å². The average Bonchev–Trinajstić information content (AvgIpc) is 2.46. The molecule has 0 unspecified atom stereocenters. The minimum Gasteiger partial charge on any atom is -0.397 e. The van der Waals surface area contributed by atoms with Gasteiger partial charge in [-0.2, -0.15) is 0 Å². The van der Waals surface area contributed by atoms with E-state index in [4.69, 9.17) is 28.9 Å². The van der Waals surface area contributed by atoms with Gasteiger partial charge in [0, 0.05) is 17.6 Å². The van der Waals surface area contributed by atoms with Crippen molar-refractivity contribution in [1.29, 1.82) is 0 Å². The molecule has 0 bridgehead atoms. The third kappa shape index (κ3) is 3.40. The molecule has 0 aliphatic rings. The molecule has 0 aromatic heterocycles. The number of benzene rings is 2. The van der Waals surface area contributed by atoms with Crippen molar-refractivity contribution in [3.63, 3.8) is 0 Å². The summed E-state index contributed by atoms with van der Waals surface area (Å²) in [5.41, 5.74) is 9.06. The van der Waals surface area contributed by atoms with Crippen molar-refractivity contribution < 1.29 is 4.79 Å². The van der Waals surface area contributed by atoms with Gasteiger partial charge in [-0.3, -0.25) is 4.79 Å². The van der Waals surface area contributed by atoms with E-state index in [0.717, 1.165) is 5.56 Å². The van der Waals surface area contributed by atoms with Crippen LogP contribution in [0.25, 0.3) is 0 Å². The second-order valence-corrected chi connectivity index (χ2v) is 5.40. The summed E-state index contributed by atoms with van der Waals surface area (Å²) in [5.74, 6) is -0.189. The lowest BCUT2D eigenvalue weighted by atomic mass is 10.1. The van der Waals surface area contributed by atoms with Crippen LogP contribution in [0.15, 0.2) is 30.3 Å². The number of hydrogen-bond acceptors (Lipinski definition) is 3. The number of carbonyl (C=O) groups excluding carboxylic acids is 1. The summed E-state index contributed by atoms with van der Waals surface area (Å²) in [6, 6.07) is 8.48. The van der Waals surface area contributed by atoms with Crippen LogP contribution in [0, 0.1) is 6.92 Å². The van der Waals surface area contributed by atoms with E-state index in [1.807, 2.05) is 6.92 Å². The first-order chi connectivity index (χ1) is 9.92. The summed E-state index contributed by atoms with van der Waals surface area (Å²) in [5, 5.41) is 6.80. The fourth-order valence-corrected chi connectivity index (χ4v) is 2.27. The van der Waals surface area contributed by atoms with Crippen LogP contribution in [0.1, 0.15) is 15.9 Å². The van der Waals surface area contributed by atoms with Crippen LogP contribution >= 0.6 is 23.2 Å². The number of nitrogen functional groups attached to an aromatic ring is 1. The second-order valence-electron chi connectivity index (χ2n) is 4.59. The number of halogens is 2. The molecule has 2 aromatic carbocycles. The van der Waals surface area contributed by atoms with Crippen molar-refractivity contribution in [2.24, 2.45) is 0 Å². The van der Waals surface area contributed by atoms with Gasteiger partial charge >= 0.3 is 0 Å². The monoisotopic (exact) mass is 323 g/mol. The van der Waals surface area contributed by atoms with Crippen molar-refractivity contribution in [2.45, 2.75) is 6.92 Å². The molecule has 0 heterocycles. The Kier molecular flexibility index (Phi) is 4.60. The molecule has 21 heavy (non-hydrogen) atoms. The van der Waals surface area contributed by atoms with Crippen molar-refractivity contribution in [2.75, 3.05) is 18.1 Å². The van der Waals surface area contributed by atoms with Gasteiger partial charge in [0.1, 0.15) is 0 Å². The molecule has 0 radical (unpaired) electrons. The third-order valence-corrected chi connectivity index (χ3v) is 3.78. The molecule has 0 aliphatic heterocycles. The SMILES string of the molecule is CNC(=O)c1ccc(N)c(Nc2cc(Cl)c(C)cc2Cl)c1. The zero-order chi connectivity index (χ0) is 15.6. The van der Waals surface area contributed by atoms with Crippen LogP contribution in [-0.4, -0.2) is 13.0 Å². The van der Waals surface area contributed by atoms with E-state index in [0.29, 0.717) is 32.7 Å². The highest BCUT2D eigenvalue weighted by molar-refractivity contribution is 6.35. The minimum absolute atomic E-state index is 0.189. The summed E-state index contributed by atoms with van der Waals surface area (Å²) >= 11 is 12.3. The molecule has 0 atom stereocenters. The Balaban J connectivity index is 2.39. The Morgan fingerprint density at radius 3 is 2.48 bits per heavy atom. The smallest absolute Gasteiger partial charge is 0.251 e. The first kappa shape index (κ1) is 15.5. The fourth-order valence-electron chi connectivity index (χ4n) is 1.84. The number of hydrogen-bond donors (Lipinski definition) is 3. The molecule has 6 heteroatoms. The first-order valence-electron chi connectivity index (χ1n) is 6.26. The predicted molar refractivity (Wildman–Crippen MR) is 88.7 cm³/mol. The molecule has 2 rings (SSSR count). The number of carbonyl (C=O) groups is 1. The molecule has 0 fully saturated rings. The molecular formula is C15H15Cl2N3O. The van der Waals surface area contributed by atoms with E-state index in [1.165, 1.54) is 0 Å². The molecule has 110 valence electrons. The van der Waals surface area contributed by atoms with Gasteiger partial charge in [-0.15, -0.1) is 0 Å². The van der Waals surface area contributed by atoms with Gasteiger partial charge in [0.25, 0.3) is 5.91 Å². The fraction of sp³-hybridized carbons (Fsp3) is 0.133. The summed E-state index contributed by atoms with van der Waals surface area (Å²) in [7, 11) is 1.57. The highest BCUT2D eigenvalue weighted by Gasteiger charge is 2.10. The number of rotatable bonds is 3. The third-order valence-electron chi connectivity index (χ3n) is 3.06. The number of anilines is 3. The first-order valence-corrected chi connectivity index (χ1v) is 7.02. The second kappa shape index (κ2) is 6.24. The Bertz CT molecular complexity index is 702. The van der Waals surface area contributed by atoms with Crippen molar-refractivity contribution in [3.8, 4) is 0 Å². The predicted octanol–water partition coefficient (Wildman–Crippen LogP) is 3.99. The number of nitrogens with two attached hydrogens (primary N) is 1. The Morgan fingerprint density at radius 1 is 1.10 bits per heavy atom. The molecule has 4 nitrogen and oxygen atoms in total. The summed E-state index contributed by atoms with van der Waals surface area (Å²) in [4.78, 5) is 11.7. The summed E-state index contributed by atoms with van der Waals surface area (Å²) < 4.78 is 0.